The van der Waals surface area contributed by atoms with E-state index in [1.54, 1.807) is 26.0 Å². The highest BCUT2D eigenvalue weighted by atomic mass is 32.2. The van der Waals surface area contributed by atoms with Crippen LogP contribution in [0.5, 0.6) is 0 Å². The molecule has 0 unspecified atom stereocenters. The number of sulfone groups is 1. The van der Waals surface area contributed by atoms with E-state index >= 15 is 0 Å². The number of hydrogen-bond donors (Lipinski definition) is 1. The summed E-state index contributed by atoms with van der Waals surface area (Å²) in [7, 11) is -3.29. The van der Waals surface area contributed by atoms with Crippen LogP contribution in [0.15, 0.2) is 47.5 Å². The molecule has 0 bridgehead atoms. The SMILES string of the molecule is Cc1ccc2c(Nc3ccc(S(C)(=O)=O)cc3)c(C(=O)OC(C)C)cnc2n1. The Kier molecular flexibility index (Phi) is 5.33. The maximum absolute atomic E-state index is 12.6. The smallest absolute Gasteiger partial charge is 0.342 e. The second-order valence-electron chi connectivity index (χ2n) is 6.75. The van der Waals surface area contributed by atoms with Crippen LogP contribution < -0.4 is 5.32 Å². The number of carbonyl (C=O) groups is 1. The first-order chi connectivity index (χ1) is 13.1. The highest BCUT2D eigenvalue weighted by Crippen LogP contribution is 2.30. The van der Waals surface area contributed by atoms with Crippen LogP contribution in [0.25, 0.3) is 11.0 Å². The number of benzene rings is 1. The summed E-state index contributed by atoms with van der Waals surface area (Å²) in [5.41, 5.74) is 2.71. The van der Waals surface area contributed by atoms with E-state index in [1.165, 1.54) is 18.3 Å². The van der Waals surface area contributed by atoms with E-state index in [0.717, 1.165) is 11.9 Å². The Hall–Kier alpha value is -3.00. The predicted molar refractivity (Wildman–Crippen MR) is 108 cm³/mol. The molecule has 0 atom stereocenters. The zero-order valence-corrected chi connectivity index (χ0v) is 16.9. The summed E-state index contributed by atoms with van der Waals surface area (Å²) < 4.78 is 28.6. The van der Waals surface area contributed by atoms with E-state index in [2.05, 4.69) is 15.3 Å². The van der Waals surface area contributed by atoms with Crippen molar-refractivity contribution in [1.82, 2.24) is 9.97 Å². The summed E-state index contributed by atoms with van der Waals surface area (Å²) in [6.07, 6.45) is 2.31. The van der Waals surface area contributed by atoms with Gasteiger partial charge >= 0.3 is 5.97 Å². The molecular formula is C20H21N3O4S. The van der Waals surface area contributed by atoms with Gasteiger partial charge in [0.1, 0.15) is 5.56 Å². The minimum absolute atomic E-state index is 0.217. The first kappa shape index (κ1) is 19.8. The Morgan fingerprint density at radius 1 is 1.11 bits per heavy atom. The first-order valence-electron chi connectivity index (χ1n) is 8.69. The molecule has 1 N–H and O–H groups in total. The second-order valence-corrected chi connectivity index (χ2v) is 8.76. The van der Waals surface area contributed by atoms with Crippen LogP contribution in [0.3, 0.4) is 0 Å². The molecule has 0 fully saturated rings. The number of hydrogen-bond acceptors (Lipinski definition) is 7. The molecule has 0 amide bonds. The molecule has 1 aromatic carbocycles. The van der Waals surface area contributed by atoms with Crippen LogP contribution in [-0.2, 0) is 14.6 Å². The molecule has 0 saturated heterocycles. The predicted octanol–water partition coefficient (Wildman–Crippen LogP) is 3.65. The number of ether oxygens (including phenoxy) is 1. The third-order valence-electron chi connectivity index (χ3n) is 3.98. The van der Waals surface area contributed by atoms with Gasteiger partial charge in [-0.3, -0.25) is 0 Å². The fourth-order valence-corrected chi connectivity index (χ4v) is 3.30. The first-order valence-corrected chi connectivity index (χ1v) is 10.6. The molecule has 2 aromatic heterocycles. The van der Waals surface area contributed by atoms with Gasteiger partial charge in [0.05, 0.1) is 16.7 Å². The fourth-order valence-electron chi connectivity index (χ4n) is 2.67. The Labute approximate surface area is 163 Å². The minimum Gasteiger partial charge on any atom is -0.459 e. The van der Waals surface area contributed by atoms with Crippen molar-refractivity contribution in [3.8, 4) is 0 Å². The Morgan fingerprint density at radius 2 is 1.79 bits per heavy atom. The second kappa shape index (κ2) is 7.55. The quantitative estimate of drug-likeness (QED) is 0.654. The molecule has 3 rings (SSSR count). The van der Waals surface area contributed by atoms with Crippen LogP contribution in [0.4, 0.5) is 11.4 Å². The Balaban J connectivity index is 2.09. The van der Waals surface area contributed by atoms with Crippen molar-refractivity contribution in [2.45, 2.75) is 31.8 Å². The molecule has 8 heteroatoms. The summed E-state index contributed by atoms with van der Waals surface area (Å²) in [5.74, 6) is -0.500. The topological polar surface area (TPSA) is 98.2 Å². The van der Waals surface area contributed by atoms with E-state index in [4.69, 9.17) is 4.74 Å². The third kappa shape index (κ3) is 4.28. The third-order valence-corrected chi connectivity index (χ3v) is 5.11. The number of aryl methyl sites for hydroxylation is 1. The molecule has 2 heterocycles. The van der Waals surface area contributed by atoms with E-state index < -0.39 is 15.8 Å². The van der Waals surface area contributed by atoms with Gasteiger partial charge in [-0.2, -0.15) is 0 Å². The van der Waals surface area contributed by atoms with Crippen LogP contribution >= 0.6 is 0 Å². The molecule has 146 valence electrons. The van der Waals surface area contributed by atoms with Crippen molar-refractivity contribution >= 4 is 38.2 Å². The highest BCUT2D eigenvalue weighted by Gasteiger charge is 2.19. The molecular weight excluding hydrogens is 378 g/mol. The van der Waals surface area contributed by atoms with Gasteiger partial charge in [0.2, 0.25) is 0 Å². The van der Waals surface area contributed by atoms with Crippen molar-refractivity contribution < 1.29 is 17.9 Å². The number of pyridine rings is 2. The summed E-state index contributed by atoms with van der Waals surface area (Å²) in [4.78, 5) is 21.5. The Morgan fingerprint density at radius 3 is 2.39 bits per heavy atom. The molecule has 3 aromatic rings. The number of anilines is 2. The lowest BCUT2D eigenvalue weighted by atomic mass is 10.1. The van der Waals surface area contributed by atoms with Gasteiger partial charge in [-0.15, -0.1) is 0 Å². The summed E-state index contributed by atoms with van der Waals surface area (Å²) in [6, 6.07) is 9.97. The summed E-state index contributed by atoms with van der Waals surface area (Å²) in [5, 5.41) is 3.86. The number of fused-ring (bicyclic) bond motifs is 1. The van der Waals surface area contributed by atoms with Gasteiger partial charge in [0.25, 0.3) is 0 Å². The summed E-state index contributed by atoms with van der Waals surface area (Å²) >= 11 is 0. The molecule has 7 nitrogen and oxygen atoms in total. The number of carbonyl (C=O) groups excluding carboxylic acids is 1. The maximum atomic E-state index is 12.6. The van der Waals surface area contributed by atoms with Crippen molar-refractivity contribution in [3.63, 3.8) is 0 Å². The number of esters is 1. The summed E-state index contributed by atoms with van der Waals surface area (Å²) in [6.45, 7) is 5.40. The van der Waals surface area contributed by atoms with Gasteiger partial charge in [0.15, 0.2) is 15.5 Å². The maximum Gasteiger partial charge on any atom is 0.342 e. The average molecular weight is 399 g/mol. The number of aromatic nitrogens is 2. The van der Waals surface area contributed by atoms with Crippen LogP contribution in [0.1, 0.15) is 29.9 Å². The molecule has 0 radical (unpaired) electrons. The van der Waals surface area contributed by atoms with Crippen molar-refractivity contribution in [3.05, 3.63) is 53.9 Å². The lowest BCUT2D eigenvalue weighted by Crippen LogP contribution is -2.14. The number of nitrogens with one attached hydrogen (secondary N) is 1. The standard InChI is InChI=1S/C20H21N3O4S/c1-12(2)27-20(24)17-11-21-19-16(10-5-13(3)22-19)18(17)23-14-6-8-15(9-7-14)28(4,25)26/h5-12H,1-4H3,(H,21,22,23). The molecule has 0 saturated carbocycles. The van der Waals surface area contributed by atoms with Gasteiger partial charge < -0.3 is 10.1 Å². The molecule has 0 aliphatic carbocycles. The van der Waals surface area contributed by atoms with Gasteiger partial charge in [0, 0.05) is 29.2 Å². The molecule has 0 aliphatic rings. The van der Waals surface area contributed by atoms with Gasteiger partial charge in [-0.1, -0.05) is 0 Å². The van der Waals surface area contributed by atoms with E-state index in [-0.39, 0.29) is 16.6 Å². The molecule has 28 heavy (non-hydrogen) atoms. The van der Waals surface area contributed by atoms with E-state index in [1.807, 2.05) is 19.1 Å². The minimum atomic E-state index is -3.29. The highest BCUT2D eigenvalue weighted by molar-refractivity contribution is 7.90. The lowest BCUT2D eigenvalue weighted by Gasteiger charge is -2.15. The monoisotopic (exact) mass is 399 g/mol. The largest absolute Gasteiger partial charge is 0.459 e. The van der Waals surface area contributed by atoms with Crippen molar-refractivity contribution in [2.75, 3.05) is 11.6 Å². The average Bonchev–Trinajstić information content (AvgIpc) is 2.60. The fraction of sp³-hybridized carbons (Fsp3) is 0.250. The van der Waals surface area contributed by atoms with Gasteiger partial charge in [-0.05, 0) is 57.2 Å². The lowest BCUT2D eigenvalue weighted by molar-refractivity contribution is 0.0379. The van der Waals surface area contributed by atoms with Crippen LogP contribution in [-0.4, -0.2) is 36.7 Å². The zero-order chi connectivity index (χ0) is 20.5. The van der Waals surface area contributed by atoms with Crippen molar-refractivity contribution in [2.24, 2.45) is 0 Å². The number of nitrogens with zero attached hydrogens (tertiary/aromatic N) is 2. The van der Waals surface area contributed by atoms with Crippen molar-refractivity contribution in [1.29, 1.82) is 0 Å². The van der Waals surface area contributed by atoms with E-state index in [0.29, 0.717) is 22.4 Å². The zero-order valence-electron chi connectivity index (χ0n) is 16.1. The molecule has 0 spiro atoms. The van der Waals surface area contributed by atoms with Gasteiger partial charge in [-0.25, -0.2) is 23.2 Å². The molecule has 0 aliphatic heterocycles. The Bertz CT molecular complexity index is 1140. The van der Waals surface area contributed by atoms with E-state index in [9.17, 15) is 13.2 Å². The van der Waals surface area contributed by atoms with Crippen LogP contribution in [0, 0.1) is 6.92 Å². The van der Waals surface area contributed by atoms with Crippen LogP contribution in [0.2, 0.25) is 0 Å². The normalized spacial score (nSPS) is 11.6. The number of rotatable bonds is 5.